The third kappa shape index (κ3) is 14.9. The van der Waals surface area contributed by atoms with Gasteiger partial charge < -0.3 is 5.11 Å². The zero-order valence-electron chi connectivity index (χ0n) is 13.7. The van der Waals surface area contributed by atoms with Crippen molar-refractivity contribution in [2.75, 3.05) is 0 Å². The standard InChI is InChI=1S/C17H34O2S2/c1-2-3-4-5-6-7-8-9-10-11-12-13-14-15-16(21-20)17(18)19/h16,20H,2-15H2,1H3,(H,18,19). The number of hydrogen-bond acceptors (Lipinski definition) is 3. The Morgan fingerprint density at radius 3 is 1.57 bits per heavy atom. The first-order valence-electron chi connectivity index (χ1n) is 8.75. The molecule has 0 bridgehead atoms. The average molecular weight is 335 g/mol. The highest BCUT2D eigenvalue weighted by Gasteiger charge is 2.15. The zero-order valence-corrected chi connectivity index (χ0v) is 15.4. The topological polar surface area (TPSA) is 37.3 Å². The molecule has 0 aromatic heterocycles. The molecule has 2 nitrogen and oxygen atoms in total. The molecule has 4 heteroatoms. The summed E-state index contributed by atoms with van der Waals surface area (Å²) in [4.78, 5) is 10.8. The average Bonchev–Trinajstić information content (AvgIpc) is 2.47. The molecule has 0 radical (unpaired) electrons. The maximum absolute atomic E-state index is 10.8. The highest BCUT2D eigenvalue weighted by Crippen LogP contribution is 2.21. The van der Waals surface area contributed by atoms with Crippen LogP contribution in [-0.4, -0.2) is 16.3 Å². The van der Waals surface area contributed by atoms with Crippen molar-refractivity contribution < 1.29 is 9.90 Å². The van der Waals surface area contributed by atoms with E-state index in [9.17, 15) is 4.79 Å². The molecule has 0 heterocycles. The molecular weight excluding hydrogens is 300 g/mol. The van der Waals surface area contributed by atoms with E-state index in [2.05, 4.69) is 18.6 Å². The van der Waals surface area contributed by atoms with Gasteiger partial charge in [0, 0.05) is 0 Å². The molecule has 0 aromatic rings. The minimum atomic E-state index is -0.728. The number of thiol groups is 1. The van der Waals surface area contributed by atoms with Crippen LogP contribution in [0.25, 0.3) is 0 Å². The molecular formula is C17H34O2S2. The summed E-state index contributed by atoms with van der Waals surface area (Å²) in [6, 6.07) is 0. The molecule has 1 unspecified atom stereocenters. The summed E-state index contributed by atoms with van der Waals surface area (Å²) < 4.78 is 0. The summed E-state index contributed by atoms with van der Waals surface area (Å²) in [6.45, 7) is 2.26. The molecule has 0 saturated heterocycles. The van der Waals surface area contributed by atoms with Crippen molar-refractivity contribution in [3.05, 3.63) is 0 Å². The number of rotatable bonds is 16. The summed E-state index contributed by atoms with van der Waals surface area (Å²) in [5.41, 5.74) is 0. The van der Waals surface area contributed by atoms with E-state index in [1.54, 1.807) is 0 Å². The Labute approximate surface area is 140 Å². The van der Waals surface area contributed by atoms with Crippen LogP contribution in [0.4, 0.5) is 0 Å². The molecule has 0 spiro atoms. The summed E-state index contributed by atoms with van der Waals surface area (Å²) >= 11 is 4.01. The first-order valence-corrected chi connectivity index (χ1v) is 10.7. The van der Waals surface area contributed by atoms with Crippen LogP contribution in [0.5, 0.6) is 0 Å². The molecule has 0 amide bonds. The van der Waals surface area contributed by atoms with E-state index in [1.165, 1.54) is 70.6 Å². The van der Waals surface area contributed by atoms with Crippen LogP contribution < -0.4 is 0 Å². The van der Waals surface area contributed by atoms with Gasteiger partial charge in [-0.25, -0.2) is 0 Å². The van der Waals surface area contributed by atoms with Gasteiger partial charge in [-0.15, -0.1) is 11.7 Å². The SMILES string of the molecule is CCCCCCCCCCCCCCCC(SS)C(=O)O. The summed E-state index contributed by atoms with van der Waals surface area (Å²) in [5, 5.41) is 8.56. The van der Waals surface area contributed by atoms with Crippen LogP contribution in [0.15, 0.2) is 0 Å². The Hall–Kier alpha value is 0.170. The number of carbonyl (C=O) groups is 1. The Bertz CT molecular complexity index is 235. The number of carboxylic acid groups (broad SMARTS) is 1. The molecule has 0 saturated carbocycles. The molecule has 21 heavy (non-hydrogen) atoms. The van der Waals surface area contributed by atoms with Gasteiger partial charge in [0.25, 0.3) is 0 Å². The van der Waals surface area contributed by atoms with Crippen LogP contribution in [0.1, 0.15) is 96.8 Å². The van der Waals surface area contributed by atoms with Gasteiger partial charge in [-0.3, -0.25) is 4.79 Å². The second-order valence-corrected chi connectivity index (χ2v) is 7.38. The van der Waals surface area contributed by atoms with Gasteiger partial charge in [-0.2, -0.15) is 0 Å². The van der Waals surface area contributed by atoms with Crippen molar-refractivity contribution in [1.82, 2.24) is 0 Å². The van der Waals surface area contributed by atoms with Crippen LogP contribution >= 0.6 is 22.5 Å². The lowest BCUT2D eigenvalue weighted by Crippen LogP contribution is -2.14. The molecule has 0 aliphatic rings. The molecule has 0 aliphatic carbocycles. The fourth-order valence-electron chi connectivity index (χ4n) is 2.57. The van der Waals surface area contributed by atoms with E-state index in [4.69, 9.17) is 5.11 Å². The Morgan fingerprint density at radius 2 is 1.24 bits per heavy atom. The molecule has 0 aromatic carbocycles. The molecule has 0 rings (SSSR count). The quantitative estimate of drug-likeness (QED) is 0.192. The fraction of sp³-hybridized carbons (Fsp3) is 0.941. The van der Waals surface area contributed by atoms with Gasteiger partial charge in [0.05, 0.1) is 0 Å². The van der Waals surface area contributed by atoms with Crippen molar-refractivity contribution in [3.8, 4) is 0 Å². The molecule has 0 aliphatic heterocycles. The Morgan fingerprint density at radius 1 is 0.857 bits per heavy atom. The largest absolute Gasteiger partial charge is 0.480 e. The smallest absolute Gasteiger partial charge is 0.317 e. The number of hydrogen-bond donors (Lipinski definition) is 2. The normalized spacial score (nSPS) is 12.5. The first-order chi connectivity index (χ1) is 10.2. The van der Waals surface area contributed by atoms with E-state index < -0.39 is 5.97 Å². The van der Waals surface area contributed by atoms with Gasteiger partial charge in [-0.1, -0.05) is 101 Å². The van der Waals surface area contributed by atoms with E-state index in [1.807, 2.05) is 0 Å². The van der Waals surface area contributed by atoms with Crippen molar-refractivity contribution in [1.29, 1.82) is 0 Å². The molecule has 126 valence electrons. The van der Waals surface area contributed by atoms with Crippen molar-refractivity contribution >= 4 is 28.4 Å². The van der Waals surface area contributed by atoms with Gasteiger partial charge in [0.15, 0.2) is 0 Å². The van der Waals surface area contributed by atoms with Gasteiger partial charge >= 0.3 is 5.97 Å². The van der Waals surface area contributed by atoms with Crippen molar-refractivity contribution in [3.63, 3.8) is 0 Å². The van der Waals surface area contributed by atoms with E-state index in [0.29, 0.717) is 0 Å². The highest BCUT2D eigenvalue weighted by molar-refractivity contribution is 8.69. The lowest BCUT2D eigenvalue weighted by Gasteiger charge is -2.07. The highest BCUT2D eigenvalue weighted by atomic mass is 33.1. The fourth-order valence-corrected chi connectivity index (χ4v) is 3.52. The number of carboxylic acids is 1. The van der Waals surface area contributed by atoms with Gasteiger partial charge in [0.2, 0.25) is 0 Å². The van der Waals surface area contributed by atoms with Gasteiger partial charge in [-0.05, 0) is 6.42 Å². The predicted molar refractivity (Wildman–Crippen MR) is 98.3 cm³/mol. The van der Waals surface area contributed by atoms with E-state index >= 15 is 0 Å². The second-order valence-electron chi connectivity index (χ2n) is 5.96. The van der Waals surface area contributed by atoms with E-state index in [-0.39, 0.29) is 5.25 Å². The molecule has 0 fully saturated rings. The molecule has 1 N–H and O–H groups in total. The summed E-state index contributed by atoms with van der Waals surface area (Å²) in [7, 11) is 1.16. The molecule has 1 atom stereocenters. The summed E-state index contributed by atoms with van der Waals surface area (Å²) in [5.74, 6) is -0.728. The second kappa shape index (κ2) is 16.5. The maximum Gasteiger partial charge on any atom is 0.317 e. The summed E-state index contributed by atoms with van der Waals surface area (Å²) in [6.07, 6.45) is 18.0. The zero-order chi connectivity index (χ0) is 15.8. The van der Waals surface area contributed by atoms with Crippen molar-refractivity contribution in [2.24, 2.45) is 0 Å². The Balaban J connectivity index is 3.14. The lowest BCUT2D eigenvalue weighted by molar-refractivity contribution is -0.136. The van der Waals surface area contributed by atoms with E-state index in [0.717, 1.165) is 30.1 Å². The minimum Gasteiger partial charge on any atom is -0.480 e. The number of aliphatic carboxylic acids is 1. The van der Waals surface area contributed by atoms with Crippen molar-refractivity contribution in [2.45, 2.75) is 102 Å². The monoisotopic (exact) mass is 334 g/mol. The minimum absolute atomic E-state index is 0.332. The van der Waals surface area contributed by atoms with Crippen LogP contribution in [0, 0.1) is 0 Å². The van der Waals surface area contributed by atoms with Crippen LogP contribution in [0.3, 0.4) is 0 Å². The predicted octanol–water partition coefficient (Wildman–Crippen LogP) is 6.50. The van der Waals surface area contributed by atoms with Crippen LogP contribution in [-0.2, 0) is 4.79 Å². The first kappa shape index (κ1) is 21.2. The third-order valence-corrected chi connectivity index (χ3v) is 5.43. The third-order valence-electron chi connectivity index (χ3n) is 3.97. The lowest BCUT2D eigenvalue weighted by atomic mass is 10.0. The Kier molecular flexibility index (Phi) is 16.7. The number of unbranched alkanes of at least 4 members (excludes halogenated alkanes) is 12. The maximum atomic E-state index is 10.8. The van der Waals surface area contributed by atoms with Crippen LogP contribution in [0.2, 0.25) is 0 Å². The van der Waals surface area contributed by atoms with Gasteiger partial charge in [0.1, 0.15) is 5.25 Å².